The molecule has 2 nitrogen and oxygen atoms in total. The molecule has 0 aromatic rings. The van der Waals surface area contributed by atoms with Crippen LogP contribution in [-0.4, -0.2) is 17.3 Å². The summed E-state index contributed by atoms with van der Waals surface area (Å²) in [6.07, 6.45) is 6.24. The van der Waals surface area contributed by atoms with Crippen molar-refractivity contribution in [1.82, 2.24) is 0 Å². The number of rotatable bonds is 1. The second kappa shape index (κ2) is 2.73. The lowest BCUT2D eigenvalue weighted by Gasteiger charge is -2.61. The molecular formula is C12H21NO. The van der Waals surface area contributed by atoms with E-state index in [9.17, 15) is 5.11 Å². The number of aliphatic hydroxyl groups is 1. The van der Waals surface area contributed by atoms with Crippen molar-refractivity contribution in [2.75, 3.05) is 0 Å². The Morgan fingerprint density at radius 1 is 1.21 bits per heavy atom. The van der Waals surface area contributed by atoms with Gasteiger partial charge >= 0.3 is 0 Å². The molecule has 4 aliphatic rings. The average Bonchev–Trinajstić information content (AvgIpc) is 2.12. The van der Waals surface area contributed by atoms with E-state index in [1.165, 1.54) is 32.1 Å². The SMILES string of the molecule is CC(N)C12CC3CC(CC(C3)C1O)C2. The van der Waals surface area contributed by atoms with Crippen LogP contribution in [0.2, 0.25) is 0 Å². The number of aliphatic hydroxyl groups excluding tert-OH is 1. The van der Waals surface area contributed by atoms with Gasteiger partial charge in [0.25, 0.3) is 0 Å². The molecule has 0 heterocycles. The van der Waals surface area contributed by atoms with Crippen molar-refractivity contribution < 1.29 is 5.11 Å². The van der Waals surface area contributed by atoms with Crippen LogP contribution in [0.25, 0.3) is 0 Å². The predicted molar refractivity (Wildman–Crippen MR) is 55.6 cm³/mol. The molecule has 0 saturated heterocycles. The van der Waals surface area contributed by atoms with Gasteiger partial charge in [0.2, 0.25) is 0 Å². The van der Waals surface area contributed by atoms with Gasteiger partial charge in [0.15, 0.2) is 0 Å². The molecule has 4 atom stereocenters. The first-order chi connectivity index (χ1) is 6.62. The zero-order valence-electron chi connectivity index (χ0n) is 8.95. The molecule has 14 heavy (non-hydrogen) atoms. The Morgan fingerprint density at radius 2 is 1.79 bits per heavy atom. The van der Waals surface area contributed by atoms with E-state index in [2.05, 4.69) is 6.92 Å². The first-order valence-electron chi connectivity index (χ1n) is 6.05. The Bertz CT molecular complexity index is 237. The maximum atomic E-state index is 10.4. The Balaban J connectivity index is 1.97. The van der Waals surface area contributed by atoms with Gasteiger partial charge in [0.05, 0.1) is 6.10 Å². The summed E-state index contributed by atoms with van der Waals surface area (Å²) in [6.45, 7) is 2.09. The van der Waals surface area contributed by atoms with E-state index in [-0.39, 0.29) is 17.6 Å². The molecule has 4 fully saturated rings. The van der Waals surface area contributed by atoms with Crippen LogP contribution in [0.15, 0.2) is 0 Å². The summed E-state index contributed by atoms with van der Waals surface area (Å²) in [5, 5.41) is 10.4. The van der Waals surface area contributed by atoms with Crippen LogP contribution < -0.4 is 5.73 Å². The van der Waals surface area contributed by atoms with Gasteiger partial charge in [-0.3, -0.25) is 0 Å². The van der Waals surface area contributed by atoms with E-state index < -0.39 is 0 Å². The standard InChI is InChI=1S/C12H21NO/c1-7(13)12-5-8-2-9(6-12)4-10(3-8)11(12)14/h7-11,14H,2-6,13H2,1H3. The fraction of sp³-hybridized carbons (Fsp3) is 1.00. The van der Waals surface area contributed by atoms with E-state index in [0.29, 0.717) is 5.92 Å². The minimum atomic E-state index is -0.102. The van der Waals surface area contributed by atoms with Gasteiger partial charge in [-0.05, 0) is 56.8 Å². The van der Waals surface area contributed by atoms with Crippen LogP contribution in [0.5, 0.6) is 0 Å². The highest BCUT2D eigenvalue weighted by molar-refractivity contribution is 5.09. The van der Waals surface area contributed by atoms with Crippen molar-refractivity contribution in [3.05, 3.63) is 0 Å². The fourth-order valence-corrected chi connectivity index (χ4v) is 4.72. The number of hydrogen-bond acceptors (Lipinski definition) is 2. The van der Waals surface area contributed by atoms with Crippen molar-refractivity contribution >= 4 is 0 Å². The van der Waals surface area contributed by atoms with E-state index in [0.717, 1.165) is 11.8 Å². The Kier molecular flexibility index (Phi) is 1.79. The minimum Gasteiger partial charge on any atom is -0.392 e. The summed E-state index contributed by atoms with van der Waals surface area (Å²) >= 11 is 0. The van der Waals surface area contributed by atoms with Crippen LogP contribution >= 0.6 is 0 Å². The highest BCUT2D eigenvalue weighted by Gasteiger charge is 2.57. The summed E-state index contributed by atoms with van der Waals surface area (Å²) in [6, 6.07) is 0.172. The summed E-state index contributed by atoms with van der Waals surface area (Å²) in [5.41, 5.74) is 6.21. The molecule has 4 saturated carbocycles. The molecule has 0 aromatic heterocycles. The molecule has 0 spiro atoms. The van der Waals surface area contributed by atoms with E-state index in [4.69, 9.17) is 5.73 Å². The lowest BCUT2D eigenvalue weighted by atomic mass is 9.46. The monoisotopic (exact) mass is 195 g/mol. The second-order valence-electron chi connectivity index (χ2n) is 6.07. The first-order valence-corrected chi connectivity index (χ1v) is 6.05. The van der Waals surface area contributed by atoms with Gasteiger partial charge in [-0.15, -0.1) is 0 Å². The average molecular weight is 195 g/mol. The molecule has 0 aliphatic heterocycles. The van der Waals surface area contributed by atoms with Gasteiger partial charge in [-0.25, -0.2) is 0 Å². The Hall–Kier alpha value is -0.0800. The van der Waals surface area contributed by atoms with Crippen molar-refractivity contribution in [3.8, 4) is 0 Å². The van der Waals surface area contributed by atoms with Crippen molar-refractivity contribution in [1.29, 1.82) is 0 Å². The van der Waals surface area contributed by atoms with E-state index >= 15 is 0 Å². The third-order valence-electron chi connectivity index (χ3n) is 5.22. The molecule has 4 bridgehead atoms. The smallest absolute Gasteiger partial charge is 0.0639 e. The van der Waals surface area contributed by atoms with E-state index in [1.807, 2.05) is 0 Å². The quantitative estimate of drug-likeness (QED) is 0.666. The summed E-state index contributed by atoms with van der Waals surface area (Å²) in [7, 11) is 0. The topological polar surface area (TPSA) is 46.2 Å². The van der Waals surface area contributed by atoms with Crippen molar-refractivity contribution in [2.45, 2.75) is 51.2 Å². The van der Waals surface area contributed by atoms with E-state index in [1.54, 1.807) is 0 Å². The van der Waals surface area contributed by atoms with Crippen molar-refractivity contribution in [3.63, 3.8) is 0 Å². The third-order valence-corrected chi connectivity index (χ3v) is 5.22. The normalized spacial score (nSPS) is 57.6. The first kappa shape index (κ1) is 9.17. The van der Waals surface area contributed by atoms with Gasteiger partial charge in [0, 0.05) is 11.5 Å². The molecule has 80 valence electrons. The minimum absolute atomic E-state index is 0.0920. The number of hydrogen-bond donors (Lipinski definition) is 2. The number of nitrogens with two attached hydrogens (primary N) is 1. The molecule has 2 heteroatoms. The summed E-state index contributed by atoms with van der Waals surface area (Å²) in [5.74, 6) is 2.33. The van der Waals surface area contributed by atoms with Crippen LogP contribution in [0, 0.1) is 23.2 Å². The zero-order chi connectivity index (χ0) is 9.92. The fourth-order valence-electron chi connectivity index (χ4n) is 4.72. The van der Waals surface area contributed by atoms with Gasteiger partial charge in [-0.2, -0.15) is 0 Å². The molecule has 4 aliphatic carbocycles. The molecule has 0 aromatic carbocycles. The zero-order valence-corrected chi connectivity index (χ0v) is 8.95. The van der Waals surface area contributed by atoms with Crippen molar-refractivity contribution in [2.24, 2.45) is 28.9 Å². The lowest BCUT2D eigenvalue weighted by molar-refractivity contribution is -0.163. The van der Waals surface area contributed by atoms with Gasteiger partial charge < -0.3 is 10.8 Å². The summed E-state index contributed by atoms with van der Waals surface area (Å²) in [4.78, 5) is 0. The predicted octanol–water partition coefficient (Wildman–Crippen LogP) is 1.52. The molecule has 0 amide bonds. The highest BCUT2D eigenvalue weighted by Crippen LogP contribution is 2.60. The maximum Gasteiger partial charge on any atom is 0.0639 e. The Labute approximate surface area is 85.9 Å². The summed E-state index contributed by atoms with van der Waals surface area (Å²) < 4.78 is 0. The van der Waals surface area contributed by atoms with Crippen LogP contribution in [0.4, 0.5) is 0 Å². The third kappa shape index (κ3) is 0.989. The lowest BCUT2D eigenvalue weighted by Crippen LogP contribution is -2.61. The maximum absolute atomic E-state index is 10.4. The van der Waals surface area contributed by atoms with Crippen LogP contribution in [0.3, 0.4) is 0 Å². The van der Waals surface area contributed by atoms with Crippen LogP contribution in [-0.2, 0) is 0 Å². The highest BCUT2D eigenvalue weighted by atomic mass is 16.3. The largest absolute Gasteiger partial charge is 0.392 e. The molecule has 3 N–H and O–H groups in total. The molecule has 4 rings (SSSR count). The van der Waals surface area contributed by atoms with Crippen LogP contribution in [0.1, 0.15) is 39.0 Å². The molecule has 0 radical (unpaired) electrons. The van der Waals surface area contributed by atoms with Gasteiger partial charge in [0.1, 0.15) is 0 Å². The second-order valence-corrected chi connectivity index (χ2v) is 6.07. The molecule has 4 unspecified atom stereocenters. The van der Waals surface area contributed by atoms with Gasteiger partial charge in [-0.1, -0.05) is 0 Å². The molecular weight excluding hydrogens is 174 g/mol. The Morgan fingerprint density at radius 3 is 2.29 bits per heavy atom.